The molecule has 0 aliphatic heterocycles. The molecule has 1 heterocycles. The number of nitrogens with zero attached hydrogens (tertiary/aromatic N) is 2. The van der Waals surface area contributed by atoms with E-state index < -0.39 is 0 Å². The molecule has 2 nitrogen and oxygen atoms in total. The lowest BCUT2D eigenvalue weighted by atomic mass is 9.98. The van der Waals surface area contributed by atoms with Crippen LogP contribution < -0.4 is 0 Å². The molecule has 0 radical (unpaired) electrons. The number of hydrogen-bond acceptors (Lipinski definition) is 1. The molecule has 0 N–H and O–H groups in total. The van der Waals surface area contributed by atoms with Gasteiger partial charge in [-0.2, -0.15) is 0 Å². The van der Waals surface area contributed by atoms with Crippen LogP contribution in [0.1, 0.15) is 39.4 Å². The fourth-order valence-electron chi connectivity index (χ4n) is 2.59. The van der Waals surface area contributed by atoms with Crippen molar-refractivity contribution < 1.29 is 0 Å². The van der Waals surface area contributed by atoms with Crippen LogP contribution in [0.2, 0.25) is 5.02 Å². The average Bonchev–Trinajstić information content (AvgIpc) is 2.67. The first-order chi connectivity index (χ1) is 8.49. The second kappa shape index (κ2) is 5.10. The Balaban J connectivity index is 2.69. The Bertz CT molecular complexity index is 558. The van der Waals surface area contributed by atoms with E-state index >= 15 is 0 Å². The summed E-state index contributed by atoms with van der Waals surface area (Å²) in [5, 5.41) is 0.733. The van der Waals surface area contributed by atoms with E-state index in [1.54, 1.807) is 0 Å². The molecule has 0 unspecified atom stereocenters. The molecule has 0 aliphatic rings. The van der Waals surface area contributed by atoms with Crippen LogP contribution in [0.5, 0.6) is 0 Å². The molecular weight excluding hydrogens is 267 g/mol. The van der Waals surface area contributed by atoms with Crippen molar-refractivity contribution in [3.8, 4) is 0 Å². The Kier molecular flexibility index (Phi) is 3.88. The Morgan fingerprint density at radius 3 is 2.67 bits per heavy atom. The fraction of sp³-hybridized carbons (Fsp3) is 0.500. The molecule has 4 heteroatoms. The third-order valence-corrected chi connectivity index (χ3v) is 3.75. The van der Waals surface area contributed by atoms with E-state index in [2.05, 4.69) is 30.3 Å². The van der Waals surface area contributed by atoms with E-state index in [0.717, 1.165) is 34.7 Å². The summed E-state index contributed by atoms with van der Waals surface area (Å²) in [5.41, 5.74) is 2.02. The normalized spacial score (nSPS) is 12.3. The lowest BCUT2D eigenvalue weighted by Crippen LogP contribution is -2.27. The van der Waals surface area contributed by atoms with Gasteiger partial charge < -0.3 is 4.57 Å². The molecule has 0 fully saturated rings. The average molecular weight is 285 g/mol. The van der Waals surface area contributed by atoms with E-state index in [-0.39, 0.29) is 5.54 Å². The molecular formula is C14H18Cl2N2. The minimum atomic E-state index is -0.00158. The van der Waals surface area contributed by atoms with Gasteiger partial charge in [0.05, 0.1) is 16.9 Å². The van der Waals surface area contributed by atoms with Crippen LogP contribution in [0.25, 0.3) is 11.0 Å². The van der Waals surface area contributed by atoms with Crippen LogP contribution >= 0.6 is 23.2 Å². The van der Waals surface area contributed by atoms with Gasteiger partial charge in [-0.05, 0) is 38.5 Å². The number of halogens is 2. The monoisotopic (exact) mass is 284 g/mol. The summed E-state index contributed by atoms with van der Waals surface area (Å²) in [4.78, 5) is 4.59. The number of aromatic nitrogens is 2. The molecule has 0 saturated carbocycles. The summed E-state index contributed by atoms with van der Waals surface area (Å²) >= 11 is 12.1. The summed E-state index contributed by atoms with van der Waals surface area (Å²) in [6.45, 7) is 6.62. The Hall–Kier alpha value is -0.730. The molecule has 18 heavy (non-hydrogen) atoms. The SMILES string of the molecule is CCCC(C)(C)n1c(CCl)nc2ccc(Cl)cc21. The van der Waals surface area contributed by atoms with Crippen LogP contribution in [-0.2, 0) is 11.4 Å². The fourth-order valence-corrected chi connectivity index (χ4v) is 2.93. The number of alkyl halides is 1. The molecule has 1 aromatic heterocycles. The van der Waals surface area contributed by atoms with Crippen LogP contribution in [-0.4, -0.2) is 9.55 Å². The number of fused-ring (bicyclic) bond motifs is 1. The van der Waals surface area contributed by atoms with E-state index in [1.165, 1.54) is 0 Å². The highest BCUT2D eigenvalue weighted by atomic mass is 35.5. The zero-order valence-corrected chi connectivity index (χ0v) is 12.5. The summed E-state index contributed by atoms with van der Waals surface area (Å²) in [6, 6.07) is 5.79. The number of hydrogen-bond donors (Lipinski definition) is 0. The van der Waals surface area contributed by atoms with Crippen molar-refractivity contribution in [3.63, 3.8) is 0 Å². The molecule has 0 spiro atoms. The lowest BCUT2D eigenvalue weighted by Gasteiger charge is -2.29. The molecule has 2 rings (SSSR count). The van der Waals surface area contributed by atoms with E-state index in [4.69, 9.17) is 23.2 Å². The van der Waals surface area contributed by atoms with Gasteiger partial charge in [-0.25, -0.2) is 4.98 Å². The van der Waals surface area contributed by atoms with Crippen LogP contribution in [0.15, 0.2) is 18.2 Å². The van der Waals surface area contributed by atoms with E-state index in [0.29, 0.717) is 5.88 Å². The minimum absolute atomic E-state index is 0.00158. The molecule has 0 saturated heterocycles. The van der Waals surface area contributed by atoms with Crippen LogP contribution in [0.4, 0.5) is 0 Å². The van der Waals surface area contributed by atoms with Crippen molar-refractivity contribution in [2.24, 2.45) is 0 Å². The second-order valence-electron chi connectivity index (χ2n) is 5.19. The first kappa shape index (κ1) is 13.7. The molecule has 0 bridgehead atoms. The summed E-state index contributed by atoms with van der Waals surface area (Å²) in [5.74, 6) is 1.33. The van der Waals surface area contributed by atoms with Crippen molar-refractivity contribution in [1.82, 2.24) is 9.55 Å². The van der Waals surface area contributed by atoms with Gasteiger partial charge >= 0.3 is 0 Å². The highest BCUT2D eigenvalue weighted by molar-refractivity contribution is 6.31. The zero-order valence-electron chi connectivity index (χ0n) is 11.0. The standard InChI is InChI=1S/C14H18Cl2N2/c1-4-7-14(2,3)18-12-8-10(16)5-6-11(12)17-13(18)9-15/h5-6,8H,4,7,9H2,1-3H3. The zero-order chi connectivity index (χ0) is 13.3. The molecule has 98 valence electrons. The largest absolute Gasteiger partial charge is 0.321 e. The van der Waals surface area contributed by atoms with Crippen molar-refractivity contribution in [2.75, 3.05) is 0 Å². The third-order valence-electron chi connectivity index (χ3n) is 3.27. The Morgan fingerprint density at radius 2 is 2.06 bits per heavy atom. The van der Waals surface area contributed by atoms with E-state index in [9.17, 15) is 0 Å². The maximum atomic E-state index is 6.10. The number of rotatable bonds is 4. The molecule has 0 aliphatic carbocycles. The Morgan fingerprint density at radius 1 is 1.33 bits per heavy atom. The van der Waals surface area contributed by atoms with Crippen LogP contribution in [0, 0.1) is 0 Å². The molecule has 0 amide bonds. The maximum absolute atomic E-state index is 6.10. The van der Waals surface area contributed by atoms with Gasteiger partial charge in [-0.3, -0.25) is 0 Å². The van der Waals surface area contributed by atoms with Gasteiger partial charge in [0.2, 0.25) is 0 Å². The molecule has 2 aromatic rings. The highest BCUT2D eigenvalue weighted by Gasteiger charge is 2.24. The van der Waals surface area contributed by atoms with Crippen molar-refractivity contribution in [2.45, 2.75) is 45.0 Å². The van der Waals surface area contributed by atoms with Gasteiger partial charge in [0, 0.05) is 10.6 Å². The van der Waals surface area contributed by atoms with Gasteiger partial charge in [0.25, 0.3) is 0 Å². The summed E-state index contributed by atoms with van der Waals surface area (Å²) < 4.78 is 2.23. The number of imidazole rings is 1. The minimum Gasteiger partial charge on any atom is -0.321 e. The quantitative estimate of drug-likeness (QED) is 0.726. The second-order valence-corrected chi connectivity index (χ2v) is 5.90. The van der Waals surface area contributed by atoms with Crippen molar-refractivity contribution in [1.29, 1.82) is 0 Å². The number of benzene rings is 1. The van der Waals surface area contributed by atoms with Crippen molar-refractivity contribution >= 4 is 34.2 Å². The van der Waals surface area contributed by atoms with Gasteiger partial charge in [-0.15, -0.1) is 11.6 Å². The van der Waals surface area contributed by atoms with Gasteiger partial charge in [0.1, 0.15) is 5.82 Å². The van der Waals surface area contributed by atoms with Crippen molar-refractivity contribution in [3.05, 3.63) is 29.0 Å². The topological polar surface area (TPSA) is 17.8 Å². The summed E-state index contributed by atoms with van der Waals surface area (Å²) in [7, 11) is 0. The summed E-state index contributed by atoms with van der Waals surface area (Å²) in [6.07, 6.45) is 2.20. The predicted octanol–water partition coefficient (Wildman–Crippen LogP) is 4.96. The lowest BCUT2D eigenvalue weighted by molar-refractivity contribution is 0.326. The van der Waals surface area contributed by atoms with E-state index in [1.807, 2.05) is 18.2 Å². The first-order valence-electron chi connectivity index (χ1n) is 6.23. The van der Waals surface area contributed by atoms with Gasteiger partial charge in [0.15, 0.2) is 0 Å². The Labute approximate surface area is 118 Å². The third kappa shape index (κ3) is 2.36. The molecule has 0 atom stereocenters. The van der Waals surface area contributed by atoms with Crippen LogP contribution in [0.3, 0.4) is 0 Å². The smallest absolute Gasteiger partial charge is 0.125 e. The maximum Gasteiger partial charge on any atom is 0.125 e. The van der Waals surface area contributed by atoms with Gasteiger partial charge in [-0.1, -0.05) is 24.9 Å². The highest BCUT2D eigenvalue weighted by Crippen LogP contribution is 2.31. The predicted molar refractivity (Wildman–Crippen MR) is 78.5 cm³/mol. The first-order valence-corrected chi connectivity index (χ1v) is 7.14. The molecule has 1 aromatic carbocycles.